The monoisotopic (exact) mass is 280 g/mol. The molecular weight excluding hydrogens is 268 g/mol. The summed E-state index contributed by atoms with van der Waals surface area (Å²) in [5, 5.41) is 11.7. The van der Waals surface area contributed by atoms with Gasteiger partial charge in [-0.1, -0.05) is 29.8 Å². The van der Waals surface area contributed by atoms with Crippen molar-refractivity contribution in [2.24, 2.45) is 5.92 Å². The first kappa shape index (κ1) is 12.7. The van der Waals surface area contributed by atoms with Gasteiger partial charge < -0.3 is 5.32 Å². The van der Waals surface area contributed by atoms with Crippen molar-refractivity contribution < 1.29 is 4.79 Å². The summed E-state index contributed by atoms with van der Waals surface area (Å²) < 4.78 is 0.825. The third-order valence-electron chi connectivity index (χ3n) is 2.42. The lowest BCUT2D eigenvalue weighted by atomic mass is 10.1. The molecule has 0 fully saturated rings. The standard InChI is InChI=1S/C12H13BrN2O/c1-3-8(2)12(16)15-11-5-4-10(13)6-9(11)7-14/h4-6,8H,3H2,1-2H3,(H,15,16). The number of nitriles is 1. The molecule has 1 rings (SSSR count). The van der Waals surface area contributed by atoms with Gasteiger partial charge in [0.05, 0.1) is 11.3 Å². The van der Waals surface area contributed by atoms with Crippen molar-refractivity contribution in [3.8, 4) is 6.07 Å². The fourth-order valence-corrected chi connectivity index (χ4v) is 1.52. The van der Waals surface area contributed by atoms with Gasteiger partial charge in [0.25, 0.3) is 0 Å². The summed E-state index contributed by atoms with van der Waals surface area (Å²) in [5.74, 6) is -0.100. The molecule has 1 unspecified atom stereocenters. The Morgan fingerprint density at radius 1 is 1.62 bits per heavy atom. The quantitative estimate of drug-likeness (QED) is 0.924. The highest BCUT2D eigenvalue weighted by molar-refractivity contribution is 9.10. The second kappa shape index (κ2) is 5.66. The Hall–Kier alpha value is -1.34. The lowest BCUT2D eigenvalue weighted by Crippen LogP contribution is -2.20. The second-order valence-electron chi connectivity index (χ2n) is 3.60. The van der Waals surface area contributed by atoms with Crippen LogP contribution in [-0.4, -0.2) is 5.91 Å². The fourth-order valence-electron chi connectivity index (χ4n) is 1.16. The van der Waals surface area contributed by atoms with E-state index in [0.29, 0.717) is 11.3 Å². The summed E-state index contributed by atoms with van der Waals surface area (Å²) in [4.78, 5) is 11.7. The lowest BCUT2D eigenvalue weighted by Gasteiger charge is -2.11. The minimum atomic E-state index is -0.0543. The molecule has 0 spiro atoms. The highest BCUT2D eigenvalue weighted by atomic mass is 79.9. The van der Waals surface area contributed by atoms with Gasteiger partial charge in [-0.3, -0.25) is 4.79 Å². The molecule has 0 aliphatic rings. The van der Waals surface area contributed by atoms with Gasteiger partial charge in [-0.15, -0.1) is 0 Å². The van der Waals surface area contributed by atoms with Gasteiger partial charge in [0.2, 0.25) is 5.91 Å². The first-order valence-electron chi connectivity index (χ1n) is 5.09. The number of hydrogen-bond acceptors (Lipinski definition) is 2. The summed E-state index contributed by atoms with van der Waals surface area (Å²) in [6, 6.07) is 7.26. The zero-order valence-electron chi connectivity index (χ0n) is 9.25. The molecule has 0 radical (unpaired) electrons. The van der Waals surface area contributed by atoms with Gasteiger partial charge in [-0.05, 0) is 24.6 Å². The van der Waals surface area contributed by atoms with Crippen LogP contribution >= 0.6 is 15.9 Å². The SMILES string of the molecule is CCC(C)C(=O)Nc1ccc(Br)cc1C#N. The number of nitrogens with zero attached hydrogens (tertiary/aromatic N) is 1. The Morgan fingerprint density at radius 2 is 2.31 bits per heavy atom. The van der Waals surface area contributed by atoms with Crippen molar-refractivity contribution in [2.75, 3.05) is 5.32 Å². The summed E-state index contributed by atoms with van der Waals surface area (Å²) in [7, 11) is 0. The topological polar surface area (TPSA) is 52.9 Å². The molecule has 1 amide bonds. The highest BCUT2D eigenvalue weighted by Gasteiger charge is 2.12. The number of anilines is 1. The van der Waals surface area contributed by atoms with E-state index in [0.717, 1.165) is 10.9 Å². The zero-order valence-corrected chi connectivity index (χ0v) is 10.8. The molecule has 3 nitrogen and oxygen atoms in total. The largest absolute Gasteiger partial charge is 0.325 e. The van der Waals surface area contributed by atoms with Crippen LogP contribution < -0.4 is 5.32 Å². The number of halogens is 1. The molecule has 1 atom stereocenters. The van der Waals surface area contributed by atoms with E-state index in [4.69, 9.17) is 5.26 Å². The summed E-state index contributed by atoms with van der Waals surface area (Å²) in [6.45, 7) is 3.82. The molecule has 0 saturated heterocycles. The molecule has 1 aromatic carbocycles. The summed E-state index contributed by atoms with van der Waals surface area (Å²) >= 11 is 3.28. The summed E-state index contributed by atoms with van der Waals surface area (Å²) in [6.07, 6.45) is 0.782. The van der Waals surface area contributed by atoms with Crippen LogP contribution in [0, 0.1) is 17.2 Å². The Kier molecular flexibility index (Phi) is 4.51. The normalized spacial score (nSPS) is 11.6. The van der Waals surface area contributed by atoms with Gasteiger partial charge in [-0.2, -0.15) is 5.26 Å². The molecule has 16 heavy (non-hydrogen) atoms. The molecule has 0 aliphatic heterocycles. The van der Waals surface area contributed by atoms with Gasteiger partial charge in [0.1, 0.15) is 6.07 Å². The summed E-state index contributed by atoms with van der Waals surface area (Å²) in [5.41, 5.74) is 1.03. The Morgan fingerprint density at radius 3 is 2.88 bits per heavy atom. The molecule has 1 aromatic rings. The molecule has 0 aromatic heterocycles. The number of amides is 1. The van der Waals surface area contributed by atoms with Crippen molar-refractivity contribution in [2.45, 2.75) is 20.3 Å². The molecule has 84 valence electrons. The van der Waals surface area contributed by atoms with Gasteiger partial charge in [-0.25, -0.2) is 0 Å². The highest BCUT2D eigenvalue weighted by Crippen LogP contribution is 2.21. The third kappa shape index (κ3) is 3.07. The second-order valence-corrected chi connectivity index (χ2v) is 4.52. The third-order valence-corrected chi connectivity index (χ3v) is 2.91. The first-order valence-corrected chi connectivity index (χ1v) is 5.88. The Bertz CT molecular complexity index is 437. The van der Waals surface area contributed by atoms with E-state index < -0.39 is 0 Å². The van der Waals surface area contributed by atoms with Crippen molar-refractivity contribution in [1.29, 1.82) is 5.26 Å². The van der Waals surface area contributed by atoms with Crippen LogP contribution in [0.5, 0.6) is 0 Å². The van der Waals surface area contributed by atoms with Crippen molar-refractivity contribution >= 4 is 27.5 Å². The van der Waals surface area contributed by atoms with Crippen molar-refractivity contribution in [1.82, 2.24) is 0 Å². The molecule has 0 bridgehead atoms. The first-order chi connectivity index (χ1) is 7.58. The van der Waals surface area contributed by atoms with Crippen molar-refractivity contribution in [3.05, 3.63) is 28.2 Å². The number of nitrogens with one attached hydrogen (secondary N) is 1. The smallest absolute Gasteiger partial charge is 0.227 e. The van der Waals surface area contributed by atoms with E-state index >= 15 is 0 Å². The van der Waals surface area contributed by atoms with Crippen LogP contribution in [0.1, 0.15) is 25.8 Å². The van der Waals surface area contributed by atoms with Gasteiger partial charge in [0.15, 0.2) is 0 Å². The predicted octanol–water partition coefficient (Wildman–Crippen LogP) is 3.31. The van der Waals surface area contributed by atoms with Crippen LogP contribution in [-0.2, 0) is 4.79 Å². The Balaban J connectivity index is 2.90. The number of carbonyl (C=O) groups is 1. The maximum atomic E-state index is 11.7. The van der Waals surface area contributed by atoms with Crippen LogP contribution in [0.25, 0.3) is 0 Å². The van der Waals surface area contributed by atoms with Crippen LogP contribution in [0.2, 0.25) is 0 Å². The number of benzene rings is 1. The molecule has 0 saturated carbocycles. The molecule has 0 aliphatic carbocycles. The van der Waals surface area contributed by atoms with E-state index in [9.17, 15) is 4.79 Å². The average molecular weight is 281 g/mol. The van der Waals surface area contributed by atoms with Crippen LogP contribution in [0.4, 0.5) is 5.69 Å². The minimum Gasteiger partial charge on any atom is -0.325 e. The van der Waals surface area contributed by atoms with E-state index in [1.54, 1.807) is 18.2 Å². The number of carbonyl (C=O) groups excluding carboxylic acids is 1. The van der Waals surface area contributed by atoms with Gasteiger partial charge in [0, 0.05) is 10.4 Å². The number of rotatable bonds is 3. The average Bonchev–Trinajstić information content (AvgIpc) is 2.30. The minimum absolute atomic E-state index is 0.0461. The molecule has 4 heteroatoms. The predicted molar refractivity (Wildman–Crippen MR) is 66.9 cm³/mol. The Labute approximate surface area is 104 Å². The van der Waals surface area contributed by atoms with E-state index in [1.165, 1.54) is 0 Å². The van der Waals surface area contributed by atoms with E-state index in [1.807, 2.05) is 13.8 Å². The van der Waals surface area contributed by atoms with E-state index in [-0.39, 0.29) is 11.8 Å². The maximum absolute atomic E-state index is 11.7. The maximum Gasteiger partial charge on any atom is 0.227 e. The van der Waals surface area contributed by atoms with E-state index in [2.05, 4.69) is 27.3 Å². The molecule has 0 heterocycles. The lowest BCUT2D eigenvalue weighted by molar-refractivity contribution is -0.119. The number of hydrogen-bond donors (Lipinski definition) is 1. The zero-order chi connectivity index (χ0) is 12.1. The van der Waals surface area contributed by atoms with Crippen LogP contribution in [0.15, 0.2) is 22.7 Å². The van der Waals surface area contributed by atoms with Crippen molar-refractivity contribution in [3.63, 3.8) is 0 Å². The fraction of sp³-hybridized carbons (Fsp3) is 0.333. The van der Waals surface area contributed by atoms with Gasteiger partial charge >= 0.3 is 0 Å². The molecular formula is C12H13BrN2O. The molecule has 1 N–H and O–H groups in total. The van der Waals surface area contributed by atoms with Crippen LogP contribution in [0.3, 0.4) is 0 Å².